The van der Waals surface area contributed by atoms with Gasteiger partial charge < -0.3 is 19.9 Å². The van der Waals surface area contributed by atoms with Crippen LogP contribution in [-0.4, -0.2) is 46.7 Å². The normalized spacial score (nSPS) is 27.6. The number of hydrogen-bond acceptors (Lipinski definition) is 4. The van der Waals surface area contributed by atoms with E-state index in [4.69, 9.17) is 19.9 Å². The summed E-state index contributed by atoms with van der Waals surface area (Å²) in [5.41, 5.74) is 6.33. The summed E-state index contributed by atoms with van der Waals surface area (Å²) in [5.74, 6) is 0.815. The molecule has 0 radical (unpaired) electrons. The fraction of sp³-hybridized carbons (Fsp3) is 1.00. The van der Waals surface area contributed by atoms with Crippen molar-refractivity contribution in [3.63, 3.8) is 0 Å². The molecule has 4 nitrogen and oxygen atoms in total. The van der Waals surface area contributed by atoms with Gasteiger partial charge in [0.05, 0.1) is 26.4 Å². The van der Waals surface area contributed by atoms with Crippen molar-refractivity contribution in [3.8, 4) is 0 Å². The van der Waals surface area contributed by atoms with Crippen LogP contribution in [0.1, 0.15) is 39.0 Å². The Bertz CT molecular complexity index is 225. The van der Waals surface area contributed by atoms with Gasteiger partial charge in [0.15, 0.2) is 0 Å². The largest absolute Gasteiger partial charge is 0.382 e. The average Bonchev–Trinajstić information content (AvgIpc) is 2.42. The molecule has 0 saturated heterocycles. The molecule has 0 aromatic carbocycles. The summed E-state index contributed by atoms with van der Waals surface area (Å²) in [7, 11) is 1.68. The molecule has 0 aromatic rings. The van der Waals surface area contributed by atoms with E-state index < -0.39 is 0 Å². The minimum Gasteiger partial charge on any atom is -0.382 e. The lowest BCUT2D eigenvalue weighted by molar-refractivity contribution is 0.0111. The average molecular weight is 273 g/mol. The zero-order valence-electron chi connectivity index (χ0n) is 12.7. The van der Waals surface area contributed by atoms with Crippen LogP contribution >= 0.6 is 0 Å². The van der Waals surface area contributed by atoms with Gasteiger partial charge in [0, 0.05) is 13.7 Å². The SMILES string of the molecule is COCCOCCOCCC1(CN)CCCC(C)C1. The van der Waals surface area contributed by atoms with Gasteiger partial charge in [-0.2, -0.15) is 0 Å². The third-order valence-corrected chi connectivity index (χ3v) is 4.20. The van der Waals surface area contributed by atoms with Crippen molar-refractivity contribution in [2.45, 2.75) is 39.0 Å². The Balaban J connectivity index is 2.06. The maximum Gasteiger partial charge on any atom is 0.0701 e. The molecular formula is C15H31NO3. The second-order valence-electron chi connectivity index (χ2n) is 5.87. The molecule has 0 aromatic heterocycles. The second kappa shape index (κ2) is 9.70. The number of rotatable bonds is 10. The van der Waals surface area contributed by atoms with Gasteiger partial charge in [-0.15, -0.1) is 0 Å². The highest BCUT2D eigenvalue weighted by molar-refractivity contribution is 4.86. The fourth-order valence-corrected chi connectivity index (χ4v) is 3.04. The Labute approximate surface area is 118 Å². The summed E-state index contributed by atoms with van der Waals surface area (Å²) in [5, 5.41) is 0. The van der Waals surface area contributed by atoms with Gasteiger partial charge in [0.2, 0.25) is 0 Å². The quantitative estimate of drug-likeness (QED) is 0.620. The maximum atomic E-state index is 6.00. The molecular weight excluding hydrogens is 242 g/mol. The van der Waals surface area contributed by atoms with Crippen molar-refractivity contribution >= 4 is 0 Å². The first-order valence-corrected chi connectivity index (χ1v) is 7.57. The number of ether oxygens (including phenoxy) is 3. The van der Waals surface area contributed by atoms with E-state index in [0.29, 0.717) is 31.8 Å². The van der Waals surface area contributed by atoms with Crippen LogP contribution in [0.2, 0.25) is 0 Å². The summed E-state index contributed by atoms with van der Waals surface area (Å²) in [6.45, 7) is 6.55. The van der Waals surface area contributed by atoms with Gasteiger partial charge in [-0.1, -0.05) is 19.8 Å². The van der Waals surface area contributed by atoms with Crippen LogP contribution in [0.25, 0.3) is 0 Å². The van der Waals surface area contributed by atoms with E-state index in [1.165, 1.54) is 25.7 Å². The van der Waals surface area contributed by atoms with E-state index in [1.807, 2.05) is 0 Å². The van der Waals surface area contributed by atoms with E-state index in [1.54, 1.807) is 7.11 Å². The van der Waals surface area contributed by atoms with Crippen LogP contribution in [0.5, 0.6) is 0 Å². The highest BCUT2D eigenvalue weighted by atomic mass is 16.5. The summed E-state index contributed by atoms with van der Waals surface area (Å²) < 4.78 is 15.9. The van der Waals surface area contributed by atoms with E-state index in [2.05, 4.69) is 6.92 Å². The van der Waals surface area contributed by atoms with Crippen molar-refractivity contribution < 1.29 is 14.2 Å². The lowest BCUT2D eigenvalue weighted by atomic mass is 9.68. The minimum atomic E-state index is 0.328. The molecule has 0 aliphatic heterocycles. The third kappa shape index (κ3) is 6.70. The van der Waals surface area contributed by atoms with Crippen LogP contribution in [0.4, 0.5) is 0 Å². The molecule has 2 atom stereocenters. The third-order valence-electron chi connectivity index (χ3n) is 4.20. The Morgan fingerprint density at radius 2 is 1.79 bits per heavy atom. The number of hydrogen-bond donors (Lipinski definition) is 1. The first-order valence-electron chi connectivity index (χ1n) is 7.57. The molecule has 114 valence electrons. The molecule has 1 aliphatic carbocycles. The lowest BCUT2D eigenvalue weighted by Gasteiger charge is -2.39. The van der Waals surface area contributed by atoms with Crippen molar-refractivity contribution in [1.29, 1.82) is 0 Å². The molecule has 2 unspecified atom stereocenters. The van der Waals surface area contributed by atoms with Crippen LogP contribution in [0, 0.1) is 11.3 Å². The lowest BCUT2D eigenvalue weighted by Crippen LogP contribution is -2.36. The number of methoxy groups -OCH3 is 1. The van der Waals surface area contributed by atoms with Gasteiger partial charge in [-0.05, 0) is 37.1 Å². The topological polar surface area (TPSA) is 53.7 Å². The number of nitrogens with two attached hydrogens (primary N) is 1. The van der Waals surface area contributed by atoms with Crippen LogP contribution in [0.3, 0.4) is 0 Å². The predicted molar refractivity (Wildman–Crippen MR) is 77.3 cm³/mol. The molecule has 4 heteroatoms. The molecule has 1 aliphatic rings. The standard InChI is InChI=1S/C15H31NO3/c1-14-4-3-5-15(12-14,13-16)6-7-18-10-11-19-9-8-17-2/h14H,3-13,16H2,1-2H3. The Hall–Kier alpha value is -0.160. The Morgan fingerprint density at radius 1 is 1.11 bits per heavy atom. The summed E-state index contributed by atoms with van der Waals surface area (Å²) in [6.07, 6.45) is 6.29. The molecule has 0 bridgehead atoms. The zero-order valence-corrected chi connectivity index (χ0v) is 12.7. The maximum absolute atomic E-state index is 6.00. The van der Waals surface area contributed by atoms with Crippen molar-refractivity contribution in [3.05, 3.63) is 0 Å². The van der Waals surface area contributed by atoms with E-state index in [9.17, 15) is 0 Å². The van der Waals surface area contributed by atoms with E-state index >= 15 is 0 Å². The summed E-state index contributed by atoms with van der Waals surface area (Å²) in [4.78, 5) is 0. The molecule has 1 rings (SSSR count). The van der Waals surface area contributed by atoms with Crippen molar-refractivity contribution in [2.75, 3.05) is 46.7 Å². The monoisotopic (exact) mass is 273 g/mol. The Kier molecular flexibility index (Phi) is 8.62. The first-order chi connectivity index (χ1) is 9.22. The fourth-order valence-electron chi connectivity index (χ4n) is 3.04. The van der Waals surface area contributed by atoms with Gasteiger partial charge >= 0.3 is 0 Å². The van der Waals surface area contributed by atoms with Crippen LogP contribution < -0.4 is 5.73 Å². The van der Waals surface area contributed by atoms with Crippen LogP contribution in [-0.2, 0) is 14.2 Å². The van der Waals surface area contributed by atoms with Crippen molar-refractivity contribution in [2.24, 2.45) is 17.1 Å². The molecule has 1 saturated carbocycles. The molecule has 1 fully saturated rings. The smallest absolute Gasteiger partial charge is 0.0701 e. The predicted octanol–water partition coefficient (Wildman–Crippen LogP) is 2.21. The minimum absolute atomic E-state index is 0.328. The molecule has 0 amide bonds. The summed E-state index contributed by atoms with van der Waals surface area (Å²) >= 11 is 0. The molecule has 0 heterocycles. The van der Waals surface area contributed by atoms with Gasteiger partial charge in [-0.25, -0.2) is 0 Å². The van der Waals surface area contributed by atoms with E-state index in [-0.39, 0.29) is 0 Å². The van der Waals surface area contributed by atoms with Crippen molar-refractivity contribution in [1.82, 2.24) is 0 Å². The van der Waals surface area contributed by atoms with Gasteiger partial charge in [0.1, 0.15) is 0 Å². The second-order valence-corrected chi connectivity index (χ2v) is 5.87. The molecule has 2 N–H and O–H groups in total. The van der Waals surface area contributed by atoms with Crippen LogP contribution in [0.15, 0.2) is 0 Å². The van der Waals surface area contributed by atoms with E-state index in [0.717, 1.165) is 25.5 Å². The molecule has 19 heavy (non-hydrogen) atoms. The van der Waals surface area contributed by atoms with Gasteiger partial charge in [0.25, 0.3) is 0 Å². The highest BCUT2D eigenvalue weighted by Crippen LogP contribution is 2.41. The zero-order chi connectivity index (χ0) is 14.0. The summed E-state index contributed by atoms with van der Waals surface area (Å²) in [6, 6.07) is 0. The Morgan fingerprint density at radius 3 is 2.42 bits per heavy atom. The molecule has 0 spiro atoms. The first kappa shape index (κ1) is 16.9. The van der Waals surface area contributed by atoms with Gasteiger partial charge in [-0.3, -0.25) is 0 Å². The highest BCUT2D eigenvalue weighted by Gasteiger charge is 2.33.